The molecule has 9 nitrogen and oxygen atoms in total. The van der Waals surface area contributed by atoms with Crippen molar-refractivity contribution in [1.82, 2.24) is 10.2 Å². The zero-order valence-corrected chi connectivity index (χ0v) is 18.2. The fraction of sp³-hybridized carbons (Fsp3) is 0.421. The minimum atomic E-state index is -3.77. The lowest BCUT2D eigenvalue weighted by atomic mass is 10.1. The fourth-order valence-electron chi connectivity index (χ4n) is 3.42. The van der Waals surface area contributed by atoms with Gasteiger partial charge in [0.1, 0.15) is 5.76 Å². The van der Waals surface area contributed by atoms with Crippen LogP contribution in [0.3, 0.4) is 0 Å². The molecule has 1 fully saturated rings. The molecule has 11 heteroatoms. The molecule has 2 atom stereocenters. The number of nitrogens with two attached hydrogens (primary N) is 1. The topological polar surface area (TPSA) is 140 Å². The summed E-state index contributed by atoms with van der Waals surface area (Å²) in [4.78, 5) is 14.5. The van der Waals surface area contributed by atoms with Crippen LogP contribution in [0.15, 0.2) is 52.0 Å². The molecule has 2 heterocycles. The van der Waals surface area contributed by atoms with Gasteiger partial charge in [0.25, 0.3) is 0 Å². The second kappa shape index (κ2) is 8.88. The van der Waals surface area contributed by atoms with Crippen molar-refractivity contribution in [1.29, 1.82) is 0 Å². The van der Waals surface area contributed by atoms with E-state index in [1.165, 1.54) is 18.4 Å². The number of sulfonamides is 1. The maximum Gasteiger partial charge on any atom is 0.238 e. The summed E-state index contributed by atoms with van der Waals surface area (Å²) in [7, 11) is -6.91. The van der Waals surface area contributed by atoms with Gasteiger partial charge in [-0.2, -0.15) is 0 Å². The van der Waals surface area contributed by atoms with Crippen LogP contribution in [0.5, 0.6) is 0 Å². The van der Waals surface area contributed by atoms with Crippen LogP contribution in [-0.2, 0) is 31.2 Å². The maximum atomic E-state index is 12.9. The number of hydrogen-bond donors (Lipinski definition) is 2. The van der Waals surface area contributed by atoms with Gasteiger partial charge in [-0.3, -0.25) is 4.79 Å². The number of amides is 1. The average molecular weight is 456 g/mol. The van der Waals surface area contributed by atoms with E-state index in [4.69, 9.17) is 9.56 Å². The Kier molecular flexibility index (Phi) is 6.65. The van der Waals surface area contributed by atoms with Gasteiger partial charge in [0.2, 0.25) is 15.9 Å². The van der Waals surface area contributed by atoms with Crippen molar-refractivity contribution in [3.63, 3.8) is 0 Å². The molecule has 0 aliphatic carbocycles. The van der Waals surface area contributed by atoms with Gasteiger partial charge < -0.3 is 14.6 Å². The van der Waals surface area contributed by atoms with Gasteiger partial charge >= 0.3 is 0 Å². The third kappa shape index (κ3) is 5.69. The lowest BCUT2D eigenvalue weighted by molar-refractivity contribution is -0.133. The molecule has 2 aromatic rings. The van der Waals surface area contributed by atoms with E-state index >= 15 is 0 Å². The van der Waals surface area contributed by atoms with Gasteiger partial charge in [0.05, 0.1) is 35.8 Å². The quantitative estimate of drug-likeness (QED) is 0.600. The summed E-state index contributed by atoms with van der Waals surface area (Å²) in [6.45, 7) is 2.04. The average Bonchev–Trinajstić information content (AvgIpc) is 3.32. The smallest absolute Gasteiger partial charge is 0.238 e. The summed E-state index contributed by atoms with van der Waals surface area (Å²) < 4.78 is 51.9. The van der Waals surface area contributed by atoms with E-state index in [-0.39, 0.29) is 41.4 Å². The van der Waals surface area contributed by atoms with Crippen molar-refractivity contribution in [2.75, 3.05) is 18.1 Å². The third-order valence-corrected chi connectivity index (χ3v) is 7.82. The highest BCUT2D eigenvalue weighted by Gasteiger charge is 2.35. The van der Waals surface area contributed by atoms with Gasteiger partial charge in [-0.1, -0.05) is 12.1 Å². The Morgan fingerprint density at radius 1 is 1.30 bits per heavy atom. The predicted molar refractivity (Wildman–Crippen MR) is 111 cm³/mol. The highest BCUT2D eigenvalue weighted by molar-refractivity contribution is 7.91. The standard InChI is InChI=1S/C19H25N3O6S2/c1-14(15-4-6-18(7-5-15)30(20,26)27)21-11-19(23)22(12-17-3-2-9-28-17)16-8-10-29(24,25)13-16/h2-7,9,14,16,21H,8,10-13H2,1H3,(H2,20,26,27). The number of sulfone groups is 1. The molecule has 1 amide bonds. The van der Waals surface area contributed by atoms with Crippen molar-refractivity contribution >= 4 is 25.8 Å². The lowest BCUT2D eigenvalue weighted by Crippen LogP contribution is -2.45. The Morgan fingerprint density at radius 3 is 2.53 bits per heavy atom. The minimum Gasteiger partial charge on any atom is -0.467 e. The summed E-state index contributed by atoms with van der Waals surface area (Å²) in [5.74, 6) is 0.366. The zero-order chi connectivity index (χ0) is 21.9. The number of rotatable bonds is 8. The number of carbonyl (C=O) groups is 1. The van der Waals surface area contributed by atoms with Crippen molar-refractivity contribution in [2.45, 2.75) is 36.9 Å². The molecule has 2 unspecified atom stereocenters. The largest absolute Gasteiger partial charge is 0.467 e. The van der Waals surface area contributed by atoms with Gasteiger partial charge in [0, 0.05) is 12.1 Å². The number of primary sulfonamides is 1. The molecule has 0 spiro atoms. The predicted octanol–water partition coefficient (Wildman–Crippen LogP) is 0.794. The second-order valence-electron chi connectivity index (χ2n) is 7.37. The molecule has 1 aliphatic rings. The van der Waals surface area contributed by atoms with E-state index < -0.39 is 25.9 Å². The fourth-order valence-corrected chi connectivity index (χ4v) is 5.66. The number of carbonyl (C=O) groups excluding carboxylic acids is 1. The van der Waals surface area contributed by atoms with E-state index in [0.29, 0.717) is 12.2 Å². The molecule has 0 radical (unpaired) electrons. The number of nitrogens with one attached hydrogen (secondary N) is 1. The Labute approximate surface area is 176 Å². The van der Waals surface area contributed by atoms with Crippen molar-refractivity contribution < 1.29 is 26.0 Å². The van der Waals surface area contributed by atoms with Crippen LogP contribution in [0.4, 0.5) is 0 Å². The molecule has 164 valence electrons. The Morgan fingerprint density at radius 2 is 2.00 bits per heavy atom. The number of furan rings is 1. The monoisotopic (exact) mass is 455 g/mol. The van der Waals surface area contributed by atoms with Crippen LogP contribution in [-0.4, -0.2) is 51.7 Å². The molecule has 1 aliphatic heterocycles. The highest BCUT2D eigenvalue weighted by Crippen LogP contribution is 2.21. The van der Waals surface area contributed by atoms with Crippen LogP contribution < -0.4 is 10.5 Å². The SMILES string of the molecule is CC(NCC(=O)N(Cc1ccco1)C1CCS(=O)(=O)C1)c1ccc(S(N)(=O)=O)cc1. The number of hydrogen-bond acceptors (Lipinski definition) is 7. The highest BCUT2D eigenvalue weighted by atomic mass is 32.2. The first-order valence-electron chi connectivity index (χ1n) is 9.43. The first-order chi connectivity index (χ1) is 14.0. The van der Waals surface area contributed by atoms with Crippen molar-refractivity contribution in [2.24, 2.45) is 5.14 Å². The lowest BCUT2D eigenvalue weighted by Gasteiger charge is -2.28. The summed E-state index contributed by atoms with van der Waals surface area (Å²) in [6, 6.07) is 8.92. The molecular formula is C19H25N3O6S2. The molecule has 1 aromatic carbocycles. The summed E-state index contributed by atoms with van der Waals surface area (Å²) in [6.07, 6.45) is 1.91. The molecule has 0 saturated carbocycles. The molecule has 0 bridgehead atoms. The van der Waals surface area contributed by atoms with Crippen LogP contribution in [0, 0.1) is 0 Å². The number of nitrogens with zero attached hydrogens (tertiary/aromatic N) is 1. The first kappa shape index (κ1) is 22.5. The third-order valence-electron chi connectivity index (χ3n) is 5.14. The molecule has 1 saturated heterocycles. The van der Waals surface area contributed by atoms with Gasteiger partial charge in [-0.05, 0) is 43.2 Å². The molecule has 1 aromatic heterocycles. The van der Waals surface area contributed by atoms with E-state index in [1.807, 2.05) is 6.92 Å². The second-order valence-corrected chi connectivity index (χ2v) is 11.2. The molecule has 3 N–H and O–H groups in total. The summed E-state index contributed by atoms with van der Waals surface area (Å²) >= 11 is 0. The maximum absolute atomic E-state index is 12.9. The van der Waals surface area contributed by atoms with Gasteiger partial charge in [-0.15, -0.1) is 0 Å². The van der Waals surface area contributed by atoms with E-state index in [2.05, 4.69) is 5.32 Å². The van der Waals surface area contributed by atoms with Crippen LogP contribution in [0.1, 0.15) is 30.7 Å². The van der Waals surface area contributed by atoms with E-state index in [1.54, 1.807) is 29.2 Å². The van der Waals surface area contributed by atoms with Crippen molar-refractivity contribution in [3.8, 4) is 0 Å². The Balaban J connectivity index is 1.66. The summed E-state index contributed by atoms with van der Waals surface area (Å²) in [5, 5.41) is 8.21. The normalized spacial score (nSPS) is 19.5. The Hall–Kier alpha value is -2.21. The van der Waals surface area contributed by atoms with Crippen LogP contribution >= 0.6 is 0 Å². The summed E-state index contributed by atoms with van der Waals surface area (Å²) in [5.41, 5.74) is 0.788. The van der Waals surface area contributed by atoms with Crippen LogP contribution in [0.25, 0.3) is 0 Å². The zero-order valence-electron chi connectivity index (χ0n) is 16.5. The number of benzene rings is 1. The minimum absolute atomic E-state index is 0.00460. The van der Waals surface area contributed by atoms with Gasteiger partial charge in [0.15, 0.2) is 9.84 Å². The van der Waals surface area contributed by atoms with Crippen molar-refractivity contribution in [3.05, 3.63) is 54.0 Å². The first-order valence-corrected chi connectivity index (χ1v) is 12.8. The van der Waals surface area contributed by atoms with Crippen LogP contribution in [0.2, 0.25) is 0 Å². The van der Waals surface area contributed by atoms with E-state index in [9.17, 15) is 21.6 Å². The van der Waals surface area contributed by atoms with Gasteiger partial charge in [-0.25, -0.2) is 22.0 Å². The molecule has 30 heavy (non-hydrogen) atoms. The van der Waals surface area contributed by atoms with E-state index in [0.717, 1.165) is 5.56 Å². The molecular weight excluding hydrogens is 430 g/mol. The molecule has 3 rings (SSSR count). The Bertz CT molecular complexity index is 1080.